The molecule has 0 aliphatic heterocycles. The summed E-state index contributed by atoms with van der Waals surface area (Å²) >= 11 is 0. The van der Waals surface area contributed by atoms with Crippen LogP contribution in [0.3, 0.4) is 0 Å². The molecule has 1 aliphatic carbocycles. The first-order valence-electron chi connectivity index (χ1n) is 8.16. The molecule has 0 saturated heterocycles. The highest BCUT2D eigenvalue weighted by atomic mass is 32.2. The molecule has 4 rings (SSSR count). The predicted molar refractivity (Wildman–Crippen MR) is 92.7 cm³/mol. The summed E-state index contributed by atoms with van der Waals surface area (Å²) in [6.07, 6.45) is 2.01. The molecule has 1 aromatic carbocycles. The molecular formula is C17H17FN4O3S. The monoisotopic (exact) mass is 376 g/mol. The minimum Gasteiger partial charge on any atom is -0.420 e. The smallest absolute Gasteiger partial charge is 0.264 e. The molecule has 3 aromatic rings. The number of sulfonamides is 1. The number of nitrogens with zero attached hydrogens (tertiary/aromatic N) is 2. The van der Waals surface area contributed by atoms with Crippen molar-refractivity contribution in [3.63, 3.8) is 0 Å². The Kier molecular flexibility index (Phi) is 3.83. The topological polar surface area (TPSA) is 101 Å². The van der Waals surface area contributed by atoms with E-state index in [1.165, 1.54) is 24.3 Å². The third-order valence-electron chi connectivity index (χ3n) is 4.26. The summed E-state index contributed by atoms with van der Waals surface area (Å²) in [4.78, 5) is 3.07. The van der Waals surface area contributed by atoms with E-state index in [0.29, 0.717) is 22.8 Å². The highest BCUT2D eigenvalue weighted by Gasteiger charge is 2.33. The fourth-order valence-electron chi connectivity index (χ4n) is 2.91. The van der Waals surface area contributed by atoms with Crippen molar-refractivity contribution in [3.05, 3.63) is 47.4 Å². The molecule has 2 heterocycles. The van der Waals surface area contributed by atoms with Crippen LogP contribution in [0.4, 0.5) is 10.1 Å². The molecule has 26 heavy (non-hydrogen) atoms. The Hall–Kier alpha value is -2.68. The molecule has 1 fully saturated rings. The largest absolute Gasteiger partial charge is 0.420 e. The van der Waals surface area contributed by atoms with Crippen LogP contribution < -0.4 is 4.72 Å². The number of H-pyrrole nitrogens is 1. The van der Waals surface area contributed by atoms with Gasteiger partial charge in [-0.05, 0) is 51.0 Å². The number of benzene rings is 1. The number of aryl methyl sites for hydroxylation is 2. The predicted octanol–water partition coefficient (Wildman–Crippen LogP) is 3.50. The van der Waals surface area contributed by atoms with E-state index in [9.17, 15) is 12.8 Å². The van der Waals surface area contributed by atoms with Crippen molar-refractivity contribution in [3.8, 4) is 11.5 Å². The average molecular weight is 376 g/mol. The van der Waals surface area contributed by atoms with Gasteiger partial charge in [-0.15, -0.1) is 10.2 Å². The lowest BCUT2D eigenvalue weighted by molar-refractivity contribution is 0.507. The van der Waals surface area contributed by atoms with Crippen LogP contribution in [0.15, 0.2) is 33.6 Å². The van der Waals surface area contributed by atoms with E-state index in [-0.39, 0.29) is 22.4 Å². The molecule has 0 atom stereocenters. The molecule has 0 amide bonds. The van der Waals surface area contributed by atoms with Gasteiger partial charge in [0.25, 0.3) is 15.9 Å². The second-order valence-corrected chi connectivity index (χ2v) is 8.03. The van der Waals surface area contributed by atoms with Crippen LogP contribution in [0, 0.1) is 19.7 Å². The Morgan fingerprint density at radius 3 is 2.50 bits per heavy atom. The number of anilines is 1. The number of hydrogen-bond donors (Lipinski definition) is 2. The first-order valence-corrected chi connectivity index (χ1v) is 9.65. The zero-order chi connectivity index (χ0) is 18.5. The Balaban J connectivity index is 1.76. The van der Waals surface area contributed by atoms with Gasteiger partial charge in [0.1, 0.15) is 10.7 Å². The second kappa shape index (κ2) is 5.94. The maximum Gasteiger partial charge on any atom is 0.264 e. The van der Waals surface area contributed by atoms with Gasteiger partial charge in [0.15, 0.2) is 0 Å². The van der Waals surface area contributed by atoms with E-state index in [1.54, 1.807) is 13.8 Å². The molecule has 0 unspecified atom stereocenters. The number of aromatic nitrogens is 3. The Bertz CT molecular complexity index is 1070. The van der Waals surface area contributed by atoms with Crippen LogP contribution >= 0.6 is 0 Å². The van der Waals surface area contributed by atoms with Gasteiger partial charge in [-0.3, -0.25) is 4.72 Å². The van der Waals surface area contributed by atoms with Gasteiger partial charge < -0.3 is 9.40 Å². The van der Waals surface area contributed by atoms with Crippen molar-refractivity contribution in [2.24, 2.45) is 0 Å². The number of rotatable bonds is 5. The summed E-state index contributed by atoms with van der Waals surface area (Å²) in [5.74, 6) is 0.538. The van der Waals surface area contributed by atoms with Crippen molar-refractivity contribution in [2.75, 3.05) is 4.72 Å². The third kappa shape index (κ3) is 2.98. The Morgan fingerprint density at radius 1 is 1.15 bits per heavy atom. The summed E-state index contributed by atoms with van der Waals surface area (Å²) in [6.45, 7) is 3.41. The highest BCUT2D eigenvalue weighted by Crippen LogP contribution is 2.41. The van der Waals surface area contributed by atoms with E-state index in [4.69, 9.17) is 4.42 Å². The molecule has 2 aromatic heterocycles. The zero-order valence-corrected chi connectivity index (χ0v) is 15.0. The van der Waals surface area contributed by atoms with Crippen LogP contribution in [-0.2, 0) is 10.0 Å². The van der Waals surface area contributed by atoms with Crippen LogP contribution in [0.25, 0.3) is 11.5 Å². The SMILES string of the molecule is Cc1[nH]c(C)c(S(=O)(=O)Nc2ccc(F)cc2)c1-c1nnc(C2CC2)o1. The minimum atomic E-state index is -3.94. The van der Waals surface area contributed by atoms with E-state index >= 15 is 0 Å². The van der Waals surface area contributed by atoms with Gasteiger partial charge in [-0.25, -0.2) is 12.8 Å². The lowest BCUT2D eigenvalue weighted by Crippen LogP contribution is -2.14. The van der Waals surface area contributed by atoms with Crippen LogP contribution in [0.2, 0.25) is 0 Å². The van der Waals surface area contributed by atoms with Crippen LogP contribution in [0.5, 0.6) is 0 Å². The maximum atomic E-state index is 13.1. The lowest BCUT2D eigenvalue weighted by Gasteiger charge is -2.09. The normalized spacial score (nSPS) is 14.6. The van der Waals surface area contributed by atoms with Crippen molar-refractivity contribution >= 4 is 15.7 Å². The van der Waals surface area contributed by atoms with Gasteiger partial charge >= 0.3 is 0 Å². The van der Waals surface area contributed by atoms with Gasteiger partial charge in [0, 0.05) is 23.0 Å². The molecule has 1 aliphatic rings. The fourth-order valence-corrected chi connectivity index (χ4v) is 4.42. The van der Waals surface area contributed by atoms with Crippen LogP contribution in [-0.4, -0.2) is 23.6 Å². The molecule has 136 valence electrons. The quantitative estimate of drug-likeness (QED) is 0.710. The van der Waals surface area contributed by atoms with E-state index < -0.39 is 15.8 Å². The van der Waals surface area contributed by atoms with Gasteiger partial charge in [0.05, 0.1) is 5.56 Å². The summed E-state index contributed by atoms with van der Waals surface area (Å²) in [5, 5.41) is 8.07. The first-order chi connectivity index (χ1) is 12.3. The van der Waals surface area contributed by atoms with Crippen LogP contribution in [0.1, 0.15) is 36.0 Å². The standard InChI is InChI=1S/C17H17FN4O3S/c1-9-14(17-21-20-16(25-17)11-3-4-11)15(10(2)19-9)26(23,24)22-13-7-5-12(18)6-8-13/h5-8,11,19,22H,3-4H2,1-2H3. The fraction of sp³-hybridized carbons (Fsp3) is 0.294. The molecular weight excluding hydrogens is 359 g/mol. The lowest BCUT2D eigenvalue weighted by atomic mass is 10.2. The summed E-state index contributed by atoms with van der Waals surface area (Å²) < 4.78 is 47.1. The van der Waals surface area contributed by atoms with E-state index in [2.05, 4.69) is 19.9 Å². The van der Waals surface area contributed by atoms with Crippen molar-refractivity contribution in [1.29, 1.82) is 0 Å². The van der Waals surface area contributed by atoms with Gasteiger partial charge in [0.2, 0.25) is 5.89 Å². The molecule has 7 nitrogen and oxygen atoms in total. The zero-order valence-electron chi connectivity index (χ0n) is 14.2. The summed E-state index contributed by atoms with van der Waals surface area (Å²) in [5.41, 5.74) is 1.70. The first kappa shape index (κ1) is 16.8. The number of halogens is 1. The number of aromatic amines is 1. The number of nitrogens with one attached hydrogen (secondary N) is 2. The van der Waals surface area contributed by atoms with Crippen molar-refractivity contribution < 1.29 is 17.2 Å². The molecule has 1 saturated carbocycles. The molecule has 9 heteroatoms. The van der Waals surface area contributed by atoms with E-state index in [1.807, 2.05) is 0 Å². The molecule has 0 bridgehead atoms. The number of hydrogen-bond acceptors (Lipinski definition) is 5. The Labute approximate surface area is 149 Å². The maximum absolute atomic E-state index is 13.1. The molecule has 0 spiro atoms. The highest BCUT2D eigenvalue weighted by molar-refractivity contribution is 7.93. The van der Waals surface area contributed by atoms with Gasteiger partial charge in [-0.1, -0.05) is 0 Å². The Morgan fingerprint density at radius 2 is 1.85 bits per heavy atom. The second-order valence-electron chi connectivity index (χ2n) is 6.41. The van der Waals surface area contributed by atoms with E-state index in [0.717, 1.165) is 12.8 Å². The average Bonchev–Trinajstić information content (AvgIpc) is 3.23. The van der Waals surface area contributed by atoms with Crippen molar-refractivity contribution in [1.82, 2.24) is 15.2 Å². The minimum absolute atomic E-state index is 0.0466. The van der Waals surface area contributed by atoms with Gasteiger partial charge in [-0.2, -0.15) is 0 Å². The summed E-state index contributed by atoms with van der Waals surface area (Å²) in [6, 6.07) is 5.10. The van der Waals surface area contributed by atoms with Crippen molar-refractivity contribution in [2.45, 2.75) is 37.5 Å². The third-order valence-corrected chi connectivity index (χ3v) is 5.82. The summed E-state index contributed by atoms with van der Waals surface area (Å²) in [7, 11) is -3.94. The molecule has 0 radical (unpaired) electrons. The molecule has 2 N–H and O–H groups in total.